The van der Waals surface area contributed by atoms with Gasteiger partial charge in [-0.1, -0.05) is 18.2 Å². The lowest BCUT2D eigenvalue weighted by Gasteiger charge is -2.21. The molecule has 1 heterocycles. The molecule has 1 aromatic carbocycles. The molecule has 0 saturated carbocycles. The normalized spacial score (nSPS) is 13.5. The molecule has 2 rings (SSSR count). The Morgan fingerprint density at radius 1 is 1.03 bits per heavy atom. The molecule has 0 aliphatic rings. The monoisotopic (exact) mass is 462 g/mol. The Labute approximate surface area is 187 Å². The van der Waals surface area contributed by atoms with E-state index in [0.717, 1.165) is 10.9 Å². The molecular formula is C20H26N6O7. The number of carbonyl (C=O) groups is 5. The number of rotatable bonds is 12. The number of H-pyrrole nitrogens is 1. The highest BCUT2D eigenvalue weighted by Gasteiger charge is 2.28. The number of hydrogen-bond donors (Lipinski definition) is 8. The summed E-state index contributed by atoms with van der Waals surface area (Å²) in [6, 6.07) is 3.17. The Kier molecular flexibility index (Phi) is 8.89. The van der Waals surface area contributed by atoms with Crippen molar-refractivity contribution < 1.29 is 34.2 Å². The zero-order chi connectivity index (χ0) is 24.5. The summed E-state index contributed by atoms with van der Waals surface area (Å²) in [7, 11) is 0. The third-order valence-electron chi connectivity index (χ3n) is 4.73. The molecule has 0 spiro atoms. The van der Waals surface area contributed by atoms with Gasteiger partial charge in [-0.25, -0.2) is 4.79 Å². The number of carbonyl (C=O) groups excluding carboxylic acids is 4. The number of amides is 4. The van der Waals surface area contributed by atoms with Crippen LogP contribution in [-0.4, -0.2) is 76.1 Å². The van der Waals surface area contributed by atoms with Crippen LogP contribution in [0.25, 0.3) is 10.9 Å². The summed E-state index contributed by atoms with van der Waals surface area (Å²) in [5.41, 5.74) is 11.9. The Balaban J connectivity index is 2.06. The minimum atomic E-state index is -1.47. The number of primary amides is 1. The van der Waals surface area contributed by atoms with Gasteiger partial charge < -0.3 is 42.6 Å². The largest absolute Gasteiger partial charge is 0.480 e. The number of hydrogen-bond acceptors (Lipinski definition) is 7. The number of aromatic amines is 1. The lowest BCUT2D eigenvalue weighted by molar-refractivity contribution is -0.142. The number of carboxylic acid groups (broad SMARTS) is 1. The van der Waals surface area contributed by atoms with Gasteiger partial charge in [0.05, 0.1) is 19.6 Å². The van der Waals surface area contributed by atoms with Crippen LogP contribution in [0.4, 0.5) is 0 Å². The molecule has 0 fully saturated rings. The second kappa shape index (κ2) is 11.6. The van der Waals surface area contributed by atoms with E-state index >= 15 is 0 Å². The summed E-state index contributed by atoms with van der Waals surface area (Å²) in [6.07, 6.45) is 0.980. The number of carboxylic acids is 1. The van der Waals surface area contributed by atoms with Gasteiger partial charge >= 0.3 is 5.97 Å². The Morgan fingerprint density at radius 2 is 1.73 bits per heavy atom. The fourth-order valence-electron chi connectivity index (χ4n) is 3.03. The third-order valence-corrected chi connectivity index (χ3v) is 4.73. The van der Waals surface area contributed by atoms with Crippen LogP contribution in [-0.2, 0) is 30.4 Å². The van der Waals surface area contributed by atoms with Crippen molar-refractivity contribution >= 4 is 40.5 Å². The lowest BCUT2D eigenvalue weighted by Crippen LogP contribution is -2.55. The standard InChI is InChI=1S/C20H26N6O7/c21-12(9-27)18(30)24-8-17(29)25-14(6-16(22)28)19(31)26-15(20(32)33)5-10-7-23-13-4-2-1-3-11(10)13/h1-4,7,12,14-15,23,27H,5-6,8-9,21H2,(H2,22,28)(H,24,30)(H,25,29)(H,26,31)(H,32,33). The first-order chi connectivity index (χ1) is 15.6. The molecule has 0 aliphatic heterocycles. The van der Waals surface area contributed by atoms with Crippen LogP contribution in [0.3, 0.4) is 0 Å². The molecule has 4 amide bonds. The number of fused-ring (bicyclic) bond motifs is 1. The van der Waals surface area contributed by atoms with Crippen molar-refractivity contribution in [3.63, 3.8) is 0 Å². The first-order valence-electron chi connectivity index (χ1n) is 9.92. The minimum absolute atomic E-state index is 0.0581. The molecule has 13 heteroatoms. The molecular weight excluding hydrogens is 436 g/mol. The molecule has 0 bridgehead atoms. The third kappa shape index (κ3) is 7.29. The molecule has 33 heavy (non-hydrogen) atoms. The summed E-state index contributed by atoms with van der Waals surface area (Å²) in [5, 5.41) is 25.9. The van der Waals surface area contributed by atoms with E-state index < -0.39 is 67.3 Å². The number of aliphatic hydroxyl groups is 1. The van der Waals surface area contributed by atoms with E-state index in [1.165, 1.54) is 0 Å². The Bertz CT molecular complexity index is 1040. The smallest absolute Gasteiger partial charge is 0.326 e. The van der Waals surface area contributed by atoms with Gasteiger partial charge in [-0.3, -0.25) is 19.2 Å². The molecule has 1 aromatic heterocycles. The van der Waals surface area contributed by atoms with Crippen LogP contribution in [0.2, 0.25) is 0 Å². The van der Waals surface area contributed by atoms with Gasteiger partial charge in [0.25, 0.3) is 0 Å². The van der Waals surface area contributed by atoms with Crippen molar-refractivity contribution in [1.29, 1.82) is 0 Å². The second-order valence-electron chi connectivity index (χ2n) is 7.26. The van der Waals surface area contributed by atoms with E-state index in [4.69, 9.17) is 16.6 Å². The summed E-state index contributed by atoms with van der Waals surface area (Å²) in [6.45, 7) is -1.22. The molecule has 178 valence electrons. The maximum absolute atomic E-state index is 12.7. The van der Waals surface area contributed by atoms with E-state index in [-0.39, 0.29) is 6.42 Å². The first kappa shape index (κ1) is 25.3. The lowest BCUT2D eigenvalue weighted by atomic mass is 10.0. The van der Waals surface area contributed by atoms with Crippen molar-refractivity contribution in [1.82, 2.24) is 20.9 Å². The van der Waals surface area contributed by atoms with E-state index in [0.29, 0.717) is 5.56 Å². The topological polar surface area (TPSA) is 230 Å². The van der Waals surface area contributed by atoms with Crippen LogP contribution in [0.5, 0.6) is 0 Å². The average Bonchev–Trinajstić information content (AvgIpc) is 3.18. The van der Waals surface area contributed by atoms with Gasteiger partial charge in [-0.15, -0.1) is 0 Å². The van der Waals surface area contributed by atoms with Crippen molar-refractivity contribution in [2.24, 2.45) is 11.5 Å². The molecule has 3 atom stereocenters. The summed E-state index contributed by atoms with van der Waals surface area (Å²) in [4.78, 5) is 62.4. The molecule has 2 aromatic rings. The van der Waals surface area contributed by atoms with Crippen LogP contribution < -0.4 is 27.4 Å². The first-order valence-corrected chi connectivity index (χ1v) is 9.92. The zero-order valence-electron chi connectivity index (χ0n) is 17.5. The van der Waals surface area contributed by atoms with Gasteiger partial charge in [0.1, 0.15) is 18.1 Å². The van der Waals surface area contributed by atoms with Crippen molar-refractivity contribution in [3.05, 3.63) is 36.0 Å². The highest BCUT2D eigenvalue weighted by atomic mass is 16.4. The van der Waals surface area contributed by atoms with E-state index in [9.17, 15) is 29.1 Å². The number of aromatic nitrogens is 1. The fraction of sp³-hybridized carbons (Fsp3) is 0.350. The fourth-order valence-corrected chi connectivity index (χ4v) is 3.03. The molecule has 0 saturated heterocycles. The summed E-state index contributed by atoms with van der Waals surface area (Å²) in [5.74, 6) is -4.81. The van der Waals surface area contributed by atoms with Crippen molar-refractivity contribution in [2.45, 2.75) is 31.0 Å². The van der Waals surface area contributed by atoms with Gasteiger partial charge in [0.15, 0.2) is 0 Å². The quantitative estimate of drug-likeness (QED) is 0.162. The minimum Gasteiger partial charge on any atom is -0.480 e. The number of para-hydroxylation sites is 1. The van der Waals surface area contributed by atoms with Crippen LogP contribution in [0.1, 0.15) is 12.0 Å². The Hall–Kier alpha value is -3.97. The maximum Gasteiger partial charge on any atom is 0.326 e. The van der Waals surface area contributed by atoms with Crippen LogP contribution in [0, 0.1) is 0 Å². The van der Waals surface area contributed by atoms with E-state index in [2.05, 4.69) is 20.9 Å². The second-order valence-corrected chi connectivity index (χ2v) is 7.26. The van der Waals surface area contributed by atoms with Gasteiger partial charge in [0, 0.05) is 23.5 Å². The summed E-state index contributed by atoms with van der Waals surface area (Å²) >= 11 is 0. The zero-order valence-corrected chi connectivity index (χ0v) is 17.5. The number of benzene rings is 1. The molecule has 13 nitrogen and oxygen atoms in total. The van der Waals surface area contributed by atoms with Gasteiger partial charge in [-0.05, 0) is 11.6 Å². The molecule has 0 aliphatic carbocycles. The number of aliphatic hydroxyl groups excluding tert-OH is 1. The SMILES string of the molecule is NC(=O)CC(NC(=O)CNC(=O)C(N)CO)C(=O)NC(Cc1c[nH]c2ccccc12)C(=O)O. The van der Waals surface area contributed by atoms with E-state index in [1.54, 1.807) is 18.3 Å². The van der Waals surface area contributed by atoms with Crippen molar-refractivity contribution in [3.8, 4) is 0 Å². The van der Waals surface area contributed by atoms with Crippen molar-refractivity contribution in [2.75, 3.05) is 13.2 Å². The van der Waals surface area contributed by atoms with Crippen LogP contribution in [0.15, 0.2) is 30.5 Å². The number of nitrogens with one attached hydrogen (secondary N) is 4. The number of aliphatic carboxylic acids is 1. The predicted molar refractivity (Wildman–Crippen MR) is 115 cm³/mol. The number of nitrogens with two attached hydrogens (primary N) is 2. The highest BCUT2D eigenvalue weighted by molar-refractivity contribution is 5.95. The maximum atomic E-state index is 12.7. The average molecular weight is 462 g/mol. The highest BCUT2D eigenvalue weighted by Crippen LogP contribution is 2.19. The molecule has 0 radical (unpaired) electrons. The van der Waals surface area contributed by atoms with Crippen LogP contribution >= 0.6 is 0 Å². The van der Waals surface area contributed by atoms with Gasteiger partial charge in [-0.2, -0.15) is 0 Å². The molecule has 3 unspecified atom stereocenters. The Morgan fingerprint density at radius 3 is 2.36 bits per heavy atom. The van der Waals surface area contributed by atoms with Gasteiger partial charge in [0.2, 0.25) is 23.6 Å². The predicted octanol–water partition coefficient (Wildman–Crippen LogP) is -2.92. The van der Waals surface area contributed by atoms with E-state index in [1.807, 2.05) is 12.1 Å². The molecule has 10 N–H and O–H groups in total. The summed E-state index contributed by atoms with van der Waals surface area (Å²) < 4.78 is 0.